The van der Waals surface area contributed by atoms with Crippen LogP contribution in [0.5, 0.6) is 5.75 Å². The van der Waals surface area contributed by atoms with Crippen LogP contribution in [0.15, 0.2) is 42.5 Å². The molecule has 0 fully saturated rings. The van der Waals surface area contributed by atoms with Gasteiger partial charge in [-0.15, -0.1) is 0 Å². The molecule has 0 aromatic heterocycles. The van der Waals surface area contributed by atoms with E-state index in [4.69, 9.17) is 4.74 Å². The number of hydrogen-bond donors (Lipinski definition) is 1. The Balaban J connectivity index is 2.28. The van der Waals surface area contributed by atoms with Crippen LogP contribution in [-0.2, 0) is 0 Å². The molecule has 1 N–H and O–H groups in total. The molecule has 0 aliphatic carbocycles. The van der Waals surface area contributed by atoms with Gasteiger partial charge in [0.1, 0.15) is 17.9 Å². The van der Waals surface area contributed by atoms with Crippen LogP contribution in [0.3, 0.4) is 0 Å². The highest BCUT2D eigenvalue weighted by Crippen LogP contribution is 2.26. The molecule has 0 heterocycles. The maximum absolute atomic E-state index is 13.6. The van der Waals surface area contributed by atoms with E-state index in [0.717, 1.165) is 6.42 Å². The molecule has 2 aromatic carbocycles. The second kappa shape index (κ2) is 7.36. The van der Waals surface area contributed by atoms with Gasteiger partial charge in [0, 0.05) is 5.56 Å². The largest absolute Gasteiger partial charge is 0.491 e. The van der Waals surface area contributed by atoms with Crippen LogP contribution in [0.4, 0.5) is 10.1 Å². The summed E-state index contributed by atoms with van der Waals surface area (Å²) in [7, 11) is 0. The van der Waals surface area contributed by atoms with Crippen molar-refractivity contribution in [2.75, 3.05) is 11.9 Å². The third-order valence-corrected chi connectivity index (χ3v) is 2.97. The molecule has 5 heteroatoms. The molecular formula is C17H16FNO3. The van der Waals surface area contributed by atoms with E-state index >= 15 is 0 Å². The van der Waals surface area contributed by atoms with E-state index in [0.29, 0.717) is 29.9 Å². The lowest BCUT2D eigenvalue weighted by atomic mass is 10.1. The fourth-order valence-electron chi connectivity index (χ4n) is 1.89. The van der Waals surface area contributed by atoms with Gasteiger partial charge in [-0.2, -0.15) is 0 Å². The first-order chi connectivity index (χ1) is 10.7. The normalized spacial score (nSPS) is 10.1. The lowest BCUT2D eigenvalue weighted by Crippen LogP contribution is -2.15. The van der Waals surface area contributed by atoms with Gasteiger partial charge in [-0.25, -0.2) is 4.39 Å². The molecule has 0 saturated heterocycles. The van der Waals surface area contributed by atoms with Gasteiger partial charge in [-0.05, 0) is 36.8 Å². The number of rotatable bonds is 6. The minimum Gasteiger partial charge on any atom is -0.491 e. The molecular weight excluding hydrogens is 285 g/mol. The van der Waals surface area contributed by atoms with Crippen molar-refractivity contribution >= 4 is 17.9 Å². The smallest absolute Gasteiger partial charge is 0.258 e. The summed E-state index contributed by atoms with van der Waals surface area (Å²) in [6, 6.07) is 10.4. The summed E-state index contributed by atoms with van der Waals surface area (Å²) in [5.74, 6) is -0.762. The average Bonchev–Trinajstić information content (AvgIpc) is 2.53. The number of halogens is 1. The number of anilines is 1. The van der Waals surface area contributed by atoms with Gasteiger partial charge in [0.25, 0.3) is 5.91 Å². The van der Waals surface area contributed by atoms with Crippen LogP contribution in [0.25, 0.3) is 0 Å². The fraction of sp³-hybridized carbons (Fsp3) is 0.176. The molecule has 0 unspecified atom stereocenters. The van der Waals surface area contributed by atoms with Crippen molar-refractivity contribution in [1.82, 2.24) is 0 Å². The molecule has 22 heavy (non-hydrogen) atoms. The summed E-state index contributed by atoms with van der Waals surface area (Å²) in [6.45, 7) is 2.43. The van der Waals surface area contributed by atoms with E-state index in [1.165, 1.54) is 24.3 Å². The van der Waals surface area contributed by atoms with E-state index in [2.05, 4.69) is 5.32 Å². The van der Waals surface area contributed by atoms with Crippen molar-refractivity contribution < 1.29 is 18.7 Å². The zero-order chi connectivity index (χ0) is 15.9. The Hall–Kier alpha value is -2.69. The molecule has 114 valence electrons. The fourth-order valence-corrected chi connectivity index (χ4v) is 1.89. The van der Waals surface area contributed by atoms with E-state index in [1.54, 1.807) is 18.2 Å². The van der Waals surface area contributed by atoms with Crippen LogP contribution in [0.1, 0.15) is 34.1 Å². The van der Waals surface area contributed by atoms with E-state index in [-0.39, 0.29) is 5.56 Å². The number of nitrogens with one attached hydrogen (secondary N) is 1. The van der Waals surface area contributed by atoms with Crippen molar-refractivity contribution in [2.24, 2.45) is 0 Å². The Bertz CT molecular complexity index is 685. The third-order valence-electron chi connectivity index (χ3n) is 2.97. The summed E-state index contributed by atoms with van der Waals surface area (Å²) in [6.07, 6.45) is 1.47. The summed E-state index contributed by atoms with van der Waals surface area (Å²) in [5.41, 5.74) is 0.666. The second-order valence-corrected chi connectivity index (χ2v) is 4.66. The van der Waals surface area contributed by atoms with E-state index in [9.17, 15) is 14.0 Å². The lowest BCUT2D eigenvalue weighted by Gasteiger charge is -2.13. The minimum absolute atomic E-state index is 0.0690. The lowest BCUT2D eigenvalue weighted by molar-refractivity contribution is 0.102. The predicted octanol–water partition coefficient (Wildman–Crippen LogP) is 3.68. The molecule has 0 aliphatic rings. The molecule has 0 spiro atoms. The topological polar surface area (TPSA) is 55.4 Å². The summed E-state index contributed by atoms with van der Waals surface area (Å²) in [5, 5.41) is 2.59. The highest BCUT2D eigenvalue weighted by molar-refractivity contribution is 6.05. The zero-order valence-corrected chi connectivity index (χ0v) is 12.1. The van der Waals surface area contributed by atoms with Crippen molar-refractivity contribution in [1.29, 1.82) is 0 Å². The summed E-state index contributed by atoms with van der Waals surface area (Å²) < 4.78 is 19.2. The first-order valence-corrected chi connectivity index (χ1v) is 6.93. The van der Waals surface area contributed by atoms with Crippen molar-refractivity contribution in [2.45, 2.75) is 13.3 Å². The van der Waals surface area contributed by atoms with Gasteiger partial charge in [0.15, 0.2) is 0 Å². The molecule has 2 aromatic rings. The number of carbonyl (C=O) groups excluding carboxylic acids is 2. The quantitative estimate of drug-likeness (QED) is 0.828. The van der Waals surface area contributed by atoms with E-state index in [1.807, 2.05) is 6.92 Å². The van der Waals surface area contributed by atoms with Crippen molar-refractivity contribution in [3.63, 3.8) is 0 Å². The van der Waals surface area contributed by atoms with Crippen molar-refractivity contribution in [3.8, 4) is 5.75 Å². The molecule has 0 bridgehead atoms. The van der Waals surface area contributed by atoms with Gasteiger partial charge in [0.2, 0.25) is 0 Å². The second-order valence-electron chi connectivity index (χ2n) is 4.66. The average molecular weight is 301 g/mol. The van der Waals surface area contributed by atoms with Crippen LogP contribution in [0.2, 0.25) is 0 Å². The Labute approximate surface area is 127 Å². The number of aldehydes is 1. The first kappa shape index (κ1) is 15.7. The maximum Gasteiger partial charge on any atom is 0.258 e. The number of carbonyl (C=O) groups is 2. The van der Waals surface area contributed by atoms with Gasteiger partial charge >= 0.3 is 0 Å². The monoisotopic (exact) mass is 301 g/mol. The van der Waals surface area contributed by atoms with Crippen molar-refractivity contribution in [3.05, 3.63) is 59.4 Å². The molecule has 0 atom stereocenters. The van der Waals surface area contributed by atoms with Gasteiger partial charge in [-0.1, -0.05) is 19.1 Å². The molecule has 4 nitrogen and oxygen atoms in total. The maximum atomic E-state index is 13.6. The Morgan fingerprint density at radius 3 is 2.73 bits per heavy atom. The van der Waals surface area contributed by atoms with Gasteiger partial charge in [-0.3, -0.25) is 9.59 Å². The van der Waals surface area contributed by atoms with Crippen LogP contribution < -0.4 is 10.1 Å². The molecule has 1 amide bonds. The highest BCUT2D eigenvalue weighted by Gasteiger charge is 2.14. The Kier molecular flexibility index (Phi) is 5.25. The first-order valence-electron chi connectivity index (χ1n) is 6.93. The summed E-state index contributed by atoms with van der Waals surface area (Å²) >= 11 is 0. The predicted molar refractivity (Wildman–Crippen MR) is 82.0 cm³/mol. The Morgan fingerprint density at radius 2 is 2.05 bits per heavy atom. The van der Waals surface area contributed by atoms with Crippen LogP contribution in [0, 0.1) is 5.82 Å². The number of ether oxygens (including phenoxy) is 1. The standard InChI is InChI=1S/C17H16FNO3/c1-2-9-22-16-8-7-12(11-20)10-15(16)19-17(21)13-5-3-4-6-14(13)18/h3-8,10-11H,2,9H2,1H3,(H,19,21). The highest BCUT2D eigenvalue weighted by atomic mass is 19.1. The van der Waals surface area contributed by atoms with Crippen LogP contribution in [-0.4, -0.2) is 18.8 Å². The zero-order valence-electron chi connectivity index (χ0n) is 12.1. The number of hydrogen-bond acceptors (Lipinski definition) is 3. The Morgan fingerprint density at radius 1 is 1.27 bits per heavy atom. The van der Waals surface area contributed by atoms with Crippen LogP contribution >= 0.6 is 0 Å². The molecule has 2 rings (SSSR count). The number of benzene rings is 2. The van der Waals surface area contributed by atoms with Gasteiger partial charge in [0.05, 0.1) is 17.9 Å². The molecule has 0 aliphatic heterocycles. The molecule has 0 radical (unpaired) electrons. The third kappa shape index (κ3) is 3.69. The minimum atomic E-state index is -0.609. The van der Waals surface area contributed by atoms with E-state index < -0.39 is 11.7 Å². The summed E-state index contributed by atoms with van der Waals surface area (Å²) in [4.78, 5) is 23.0. The molecule has 0 saturated carbocycles. The number of amides is 1. The SMILES string of the molecule is CCCOc1ccc(C=O)cc1NC(=O)c1ccccc1F. The van der Waals surface area contributed by atoms with Gasteiger partial charge < -0.3 is 10.1 Å².